The van der Waals surface area contributed by atoms with Gasteiger partial charge in [0.2, 0.25) is 5.91 Å². The van der Waals surface area contributed by atoms with Crippen molar-refractivity contribution in [1.29, 1.82) is 0 Å². The molecule has 0 heterocycles. The Balaban J connectivity index is 2.11. The molecule has 0 radical (unpaired) electrons. The molecule has 0 saturated heterocycles. The fourth-order valence-electron chi connectivity index (χ4n) is 2.75. The minimum atomic E-state index is -0.851. The van der Waals surface area contributed by atoms with Crippen molar-refractivity contribution in [3.63, 3.8) is 0 Å². The number of aliphatic carboxylic acids is 1. The van der Waals surface area contributed by atoms with Crippen LogP contribution in [0.4, 0.5) is 10.1 Å². The molecule has 1 aromatic carbocycles. The van der Waals surface area contributed by atoms with Gasteiger partial charge in [0.1, 0.15) is 5.82 Å². The largest absolute Gasteiger partial charge is 0.481 e. The third-order valence-corrected chi connectivity index (χ3v) is 3.92. The number of halogens is 1. The topological polar surface area (TPSA) is 57.6 Å². The number of hydrogen-bond acceptors (Lipinski definition) is 2. The van der Waals surface area contributed by atoms with E-state index in [0.29, 0.717) is 19.3 Å². The number of carboxylic acids is 1. The standard InChI is InChI=1S/C15H18FNO3/c1-17(13-8-3-2-7-12(13)16)14(18)10-5-4-6-11(9-10)15(19)20/h2-3,7-8,10-11H,4-6,9H2,1H3,(H,19,20). The van der Waals surface area contributed by atoms with E-state index >= 15 is 0 Å². The molecule has 0 aromatic heterocycles. The van der Waals surface area contributed by atoms with Crippen LogP contribution in [-0.4, -0.2) is 24.0 Å². The molecule has 1 saturated carbocycles. The molecule has 2 atom stereocenters. The number of carboxylic acid groups (broad SMARTS) is 1. The number of anilines is 1. The zero-order valence-corrected chi connectivity index (χ0v) is 11.4. The highest BCUT2D eigenvalue weighted by atomic mass is 19.1. The summed E-state index contributed by atoms with van der Waals surface area (Å²) in [5.74, 6) is -2.31. The summed E-state index contributed by atoms with van der Waals surface area (Å²) in [5, 5.41) is 9.05. The van der Waals surface area contributed by atoms with Crippen LogP contribution >= 0.6 is 0 Å². The molecule has 0 spiro atoms. The maximum absolute atomic E-state index is 13.7. The van der Waals surface area contributed by atoms with Gasteiger partial charge in [0.05, 0.1) is 11.6 Å². The van der Waals surface area contributed by atoms with Gasteiger partial charge in [-0.15, -0.1) is 0 Å². The number of carbonyl (C=O) groups is 2. The molecular weight excluding hydrogens is 261 g/mol. The van der Waals surface area contributed by atoms with E-state index in [4.69, 9.17) is 5.11 Å². The van der Waals surface area contributed by atoms with E-state index in [1.807, 2.05) is 0 Å². The highest BCUT2D eigenvalue weighted by Gasteiger charge is 2.33. The van der Waals surface area contributed by atoms with Crippen LogP contribution in [0.15, 0.2) is 24.3 Å². The lowest BCUT2D eigenvalue weighted by atomic mass is 9.80. The first-order chi connectivity index (χ1) is 9.50. The molecule has 2 rings (SSSR count). The molecule has 2 unspecified atom stereocenters. The van der Waals surface area contributed by atoms with Crippen molar-refractivity contribution in [3.05, 3.63) is 30.1 Å². The molecule has 5 heteroatoms. The van der Waals surface area contributed by atoms with Crippen molar-refractivity contribution < 1.29 is 19.1 Å². The number of carbonyl (C=O) groups excluding carboxylic acids is 1. The summed E-state index contributed by atoms with van der Waals surface area (Å²) in [6, 6.07) is 6.09. The van der Waals surface area contributed by atoms with Crippen molar-refractivity contribution in [1.82, 2.24) is 0 Å². The smallest absolute Gasteiger partial charge is 0.306 e. The Labute approximate surface area is 117 Å². The number of amides is 1. The van der Waals surface area contributed by atoms with E-state index in [2.05, 4.69) is 0 Å². The minimum Gasteiger partial charge on any atom is -0.481 e. The average Bonchev–Trinajstić information content (AvgIpc) is 2.46. The summed E-state index contributed by atoms with van der Waals surface area (Å²) in [6.45, 7) is 0. The Morgan fingerprint density at radius 2 is 1.90 bits per heavy atom. The Bertz CT molecular complexity index is 518. The quantitative estimate of drug-likeness (QED) is 0.925. The highest BCUT2D eigenvalue weighted by Crippen LogP contribution is 2.31. The molecule has 0 bridgehead atoms. The Kier molecular flexibility index (Phi) is 4.37. The molecule has 0 aliphatic heterocycles. The van der Waals surface area contributed by atoms with Crippen molar-refractivity contribution in [2.24, 2.45) is 11.8 Å². The summed E-state index contributed by atoms with van der Waals surface area (Å²) in [5.41, 5.74) is 0.231. The Morgan fingerprint density at radius 1 is 1.25 bits per heavy atom. The van der Waals surface area contributed by atoms with E-state index < -0.39 is 17.7 Å². The second-order valence-corrected chi connectivity index (χ2v) is 5.25. The summed E-state index contributed by atoms with van der Waals surface area (Å²) < 4.78 is 13.7. The van der Waals surface area contributed by atoms with Crippen LogP contribution in [0, 0.1) is 17.7 Å². The molecule has 1 aliphatic rings. The number of benzene rings is 1. The fourth-order valence-corrected chi connectivity index (χ4v) is 2.75. The monoisotopic (exact) mass is 279 g/mol. The lowest BCUT2D eigenvalue weighted by Gasteiger charge is -2.29. The van der Waals surface area contributed by atoms with Gasteiger partial charge < -0.3 is 10.0 Å². The molecule has 4 nitrogen and oxygen atoms in total. The van der Waals surface area contributed by atoms with Gasteiger partial charge in [-0.05, 0) is 31.4 Å². The van der Waals surface area contributed by atoms with Crippen LogP contribution in [0.2, 0.25) is 0 Å². The van der Waals surface area contributed by atoms with E-state index in [-0.39, 0.29) is 17.5 Å². The van der Waals surface area contributed by atoms with Crippen LogP contribution in [0.1, 0.15) is 25.7 Å². The maximum Gasteiger partial charge on any atom is 0.306 e. The number of rotatable bonds is 3. The van der Waals surface area contributed by atoms with Crippen molar-refractivity contribution >= 4 is 17.6 Å². The number of hydrogen-bond donors (Lipinski definition) is 1. The molecule has 1 fully saturated rings. The molecule has 1 aromatic rings. The van der Waals surface area contributed by atoms with Crippen LogP contribution in [0.5, 0.6) is 0 Å². The molecule has 1 aliphatic carbocycles. The van der Waals surface area contributed by atoms with E-state index in [0.717, 1.165) is 6.42 Å². The van der Waals surface area contributed by atoms with Crippen molar-refractivity contribution in [2.75, 3.05) is 11.9 Å². The van der Waals surface area contributed by atoms with Crippen LogP contribution in [-0.2, 0) is 9.59 Å². The van der Waals surface area contributed by atoms with Crippen LogP contribution in [0.3, 0.4) is 0 Å². The van der Waals surface area contributed by atoms with Crippen LogP contribution < -0.4 is 4.90 Å². The second kappa shape index (κ2) is 6.03. The van der Waals surface area contributed by atoms with Gasteiger partial charge in [0.15, 0.2) is 0 Å². The number of nitrogens with zero attached hydrogens (tertiary/aromatic N) is 1. The summed E-state index contributed by atoms with van der Waals surface area (Å²) in [6.07, 6.45) is 2.34. The van der Waals surface area contributed by atoms with Crippen molar-refractivity contribution in [2.45, 2.75) is 25.7 Å². The van der Waals surface area contributed by atoms with E-state index in [1.165, 1.54) is 18.0 Å². The SMILES string of the molecule is CN(C(=O)C1CCCC(C(=O)O)C1)c1ccccc1F. The van der Waals surface area contributed by atoms with Crippen molar-refractivity contribution in [3.8, 4) is 0 Å². The second-order valence-electron chi connectivity index (χ2n) is 5.25. The van der Waals surface area contributed by atoms with Gasteiger partial charge in [-0.1, -0.05) is 18.6 Å². The normalized spacial score (nSPS) is 22.3. The Morgan fingerprint density at radius 3 is 2.55 bits per heavy atom. The van der Waals surface area contributed by atoms with E-state index in [1.54, 1.807) is 18.2 Å². The lowest BCUT2D eigenvalue weighted by molar-refractivity contribution is -0.143. The molecule has 1 N–H and O–H groups in total. The van der Waals surface area contributed by atoms with Gasteiger partial charge >= 0.3 is 5.97 Å². The Hall–Kier alpha value is -1.91. The average molecular weight is 279 g/mol. The lowest BCUT2D eigenvalue weighted by Crippen LogP contribution is -2.37. The predicted octanol–water partition coefficient (Wildman–Crippen LogP) is 2.68. The summed E-state index contributed by atoms with van der Waals surface area (Å²) in [4.78, 5) is 24.7. The predicted molar refractivity (Wildman–Crippen MR) is 72.9 cm³/mol. The third-order valence-electron chi connectivity index (χ3n) is 3.92. The highest BCUT2D eigenvalue weighted by molar-refractivity contribution is 5.95. The van der Waals surface area contributed by atoms with Gasteiger partial charge in [0, 0.05) is 13.0 Å². The molecule has 108 valence electrons. The van der Waals surface area contributed by atoms with Gasteiger partial charge in [0.25, 0.3) is 0 Å². The molecular formula is C15H18FNO3. The molecule has 20 heavy (non-hydrogen) atoms. The first-order valence-corrected chi connectivity index (χ1v) is 6.75. The fraction of sp³-hybridized carbons (Fsp3) is 0.467. The third kappa shape index (κ3) is 2.98. The summed E-state index contributed by atoms with van der Waals surface area (Å²) in [7, 11) is 1.53. The zero-order chi connectivity index (χ0) is 14.7. The van der Waals surface area contributed by atoms with Gasteiger partial charge in [-0.25, -0.2) is 4.39 Å². The van der Waals surface area contributed by atoms with Gasteiger partial charge in [-0.3, -0.25) is 9.59 Å². The van der Waals surface area contributed by atoms with Crippen LogP contribution in [0.25, 0.3) is 0 Å². The maximum atomic E-state index is 13.7. The minimum absolute atomic E-state index is 0.207. The molecule has 1 amide bonds. The zero-order valence-electron chi connectivity index (χ0n) is 11.4. The first-order valence-electron chi connectivity index (χ1n) is 6.75. The van der Waals surface area contributed by atoms with Gasteiger partial charge in [-0.2, -0.15) is 0 Å². The van der Waals surface area contributed by atoms with E-state index in [9.17, 15) is 14.0 Å². The number of para-hydroxylation sites is 1. The first kappa shape index (κ1) is 14.5. The summed E-state index contributed by atoms with van der Waals surface area (Å²) >= 11 is 0.